The molecule has 108 valence electrons. The third-order valence-corrected chi connectivity index (χ3v) is 1.93. The fraction of sp³-hybridized carbons (Fsp3) is 0.714. The van der Waals surface area contributed by atoms with Crippen molar-refractivity contribution in [2.75, 3.05) is 11.9 Å². The van der Waals surface area contributed by atoms with Gasteiger partial charge in [0, 0.05) is 11.9 Å². The van der Waals surface area contributed by atoms with Crippen LogP contribution < -0.4 is 5.32 Å². The summed E-state index contributed by atoms with van der Waals surface area (Å²) in [5.74, 6) is -9.82. The van der Waals surface area contributed by atoms with E-state index in [0.29, 0.717) is 0 Å². The average Bonchev–Trinajstić information content (AvgIpc) is 2.14. The first-order chi connectivity index (χ1) is 7.85. The molecule has 1 nitrogen and oxygen atoms in total. The lowest BCUT2D eigenvalue weighted by molar-refractivity contribution is -0.272. The van der Waals surface area contributed by atoms with Crippen molar-refractivity contribution in [3.63, 3.8) is 0 Å². The quantitative estimate of drug-likeness (QED) is 0.596. The fourth-order valence-corrected chi connectivity index (χ4v) is 0.954. The third-order valence-electron chi connectivity index (χ3n) is 1.53. The molecule has 0 spiro atoms. The molecule has 0 atom stereocenters. The number of nitrogens with one attached hydrogen (secondary N) is 1. The molecule has 0 aromatic carbocycles. The Labute approximate surface area is 103 Å². The first-order valence-electron chi connectivity index (χ1n) is 4.07. The molecule has 18 heavy (non-hydrogen) atoms. The van der Waals surface area contributed by atoms with E-state index in [1.54, 1.807) is 0 Å². The zero-order chi connectivity index (χ0) is 14.8. The van der Waals surface area contributed by atoms with E-state index in [-0.39, 0.29) is 5.33 Å². The third kappa shape index (κ3) is 3.95. The van der Waals surface area contributed by atoms with Crippen molar-refractivity contribution in [1.82, 2.24) is 5.32 Å². The van der Waals surface area contributed by atoms with Gasteiger partial charge in [-0.3, -0.25) is 0 Å². The zero-order valence-electron chi connectivity index (χ0n) is 8.19. The van der Waals surface area contributed by atoms with E-state index in [1.165, 1.54) is 0 Å². The predicted octanol–water partition coefficient (Wildman–Crippen LogP) is 3.91. The number of halogens is 10. The van der Waals surface area contributed by atoms with Crippen LogP contribution in [-0.2, 0) is 0 Å². The van der Waals surface area contributed by atoms with Crippen LogP contribution >= 0.6 is 15.9 Å². The molecule has 0 fully saturated rings. The highest BCUT2D eigenvalue weighted by molar-refractivity contribution is 9.09. The second-order valence-electron chi connectivity index (χ2n) is 2.87. The maximum Gasteiger partial charge on any atom is 0.460 e. The van der Waals surface area contributed by atoms with Crippen molar-refractivity contribution in [3.05, 3.63) is 11.5 Å². The molecule has 0 saturated carbocycles. The van der Waals surface area contributed by atoms with Gasteiger partial charge in [0.25, 0.3) is 0 Å². The monoisotopic (exact) mass is 353 g/mol. The molecule has 0 radical (unpaired) electrons. The second kappa shape index (κ2) is 5.57. The molecule has 0 saturated heterocycles. The van der Waals surface area contributed by atoms with E-state index in [9.17, 15) is 39.5 Å². The minimum Gasteiger partial charge on any atom is -0.378 e. The Morgan fingerprint density at radius 2 is 1.39 bits per heavy atom. The standard InChI is InChI=1S/C7H5BrF9N/c8-1-2-18-4(6(12,13)14)3(9)5(10,11)7(15,16)17/h18H,1-2H2. The van der Waals surface area contributed by atoms with Gasteiger partial charge in [0.05, 0.1) is 0 Å². The van der Waals surface area contributed by atoms with Crippen LogP contribution in [0, 0.1) is 0 Å². The van der Waals surface area contributed by atoms with E-state index in [1.807, 2.05) is 0 Å². The number of hydrogen-bond donors (Lipinski definition) is 1. The van der Waals surface area contributed by atoms with Crippen molar-refractivity contribution >= 4 is 15.9 Å². The van der Waals surface area contributed by atoms with Crippen molar-refractivity contribution < 1.29 is 39.5 Å². The molecular formula is C7H5BrF9N. The van der Waals surface area contributed by atoms with Gasteiger partial charge < -0.3 is 5.32 Å². The Morgan fingerprint density at radius 1 is 0.944 bits per heavy atom. The van der Waals surface area contributed by atoms with Crippen LogP contribution in [0.3, 0.4) is 0 Å². The van der Waals surface area contributed by atoms with E-state index in [0.717, 1.165) is 5.32 Å². The highest BCUT2D eigenvalue weighted by Crippen LogP contribution is 2.44. The normalized spacial score (nSPS) is 15.4. The molecule has 0 unspecified atom stereocenters. The van der Waals surface area contributed by atoms with Crippen LogP contribution in [0.4, 0.5) is 39.5 Å². The number of rotatable bonds is 4. The Kier molecular flexibility index (Phi) is 5.39. The van der Waals surface area contributed by atoms with E-state index in [2.05, 4.69) is 15.9 Å². The van der Waals surface area contributed by atoms with Gasteiger partial charge in [-0.2, -0.15) is 35.1 Å². The summed E-state index contributed by atoms with van der Waals surface area (Å²) in [6.07, 6.45) is -12.1. The Hall–Kier alpha value is -0.610. The minimum atomic E-state index is -6.45. The Morgan fingerprint density at radius 3 is 1.67 bits per heavy atom. The number of alkyl halides is 9. The fourth-order valence-electron chi connectivity index (χ4n) is 0.756. The summed E-state index contributed by atoms with van der Waals surface area (Å²) in [4.78, 5) is 0. The first-order valence-corrected chi connectivity index (χ1v) is 5.19. The van der Waals surface area contributed by atoms with Crippen molar-refractivity contribution in [1.29, 1.82) is 0 Å². The van der Waals surface area contributed by atoms with Crippen LogP contribution in [0.15, 0.2) is 11.5 Å². The molecule has 0 aliphatic rings. The largest absolute Gasteiger partial charge is 0.460 e. The minimum absolute atomic E-state index is 0.211. The van der Waals surface area contributed by atoms with E-state index < -0.39 is 36.3 Å². The lowest BCUT2D eigenvalue weighted by Crippen LogP contribution is -2.41. The smallest absolute Gasteiger partial charge is 0.378 e. The summed E-state index contributed by atoms with van der Waals surface area (Å²) in [7, 11) is 0. The SMILES string of the molecule is FC(=C(NCCBr)C(F)(F)F)C(F)(F)C(F)(F)F. The van der Waals surface area contributed by atoms with Gasteiger partial charge in [-0.25, -0.2) is 4.39 Å². The molecule has 0 rings (SSSR count). The molecule has 0 aliphatic heterocycles. The summed E-state index contributed by atoms with van der Waals surface area (Å²) in [5.41, 5.74) is -2.75. The highest BCUT2D eigenvalue weighted by atomic mass is 79.9. The average molecular weight is 354 g/mol. The molecular weight excluding hydrogens is 349 g/mol. The van der Waals surface area contributed by atoms with Crippen molar-refractivity contribution in [2.24, 2.45) is 0 Å². The summed E-state index contributed by atoms with van der Waals surface area (Å²) in [6, 6.07) is 0. The van der Waals surface area contributed by atoms with Crippen molar-refractivity contribution in [3.8, 4) is 0 Å². The van der Waals surface area contributed by atoms with Gasteiger partial charge >= 0.3 is 18.3 Å². The van der Waals surface area contributed by atoms with Crippen molar-refractivity contribution in [2.45, 2.75) is 18.3 Å². The topological polar surface area (TPSA) is 12.0 Å². The number of allylic oxidation sites excluding steroid dienone is 2. The van der Waals surface area contributed by atoms with Crippen LogP contribution in [0.25, 0.3) is 0 Å². The van der Waals surface area contributed by atoms with Crippen LogP contribution in [-0.4, -0.2) is 30.1 Å². The maximum absolute atomic E-state index is 12.8. The van der Waals surface area contributed by atoms with Gasteiger partial charge in [-0.1, -0.05) is 15.9 Å². The van der Waals surface area contributed by atoms with Crippen LogP contribution in [0.2, 0.25) is 0 Å². The summed E-state index contributed by atoms with van der Waals surface area (Å²) in [6.45, 7) is -0.684. The summed E-state index contributed by atoms with van der Waals surface area (Å²) < 4.78 is 109. The second-order valence-corrected chi connectivity index (χ2v) is 3.67. The molecule has 0 amide bonds. The van der Waals surface area contributed by atoms with Gasteiger partial charge in [-0.15, -0.1) is 0 Å². The van der Waals surface area contributed by atoms with Gasteiger partial charge in [-0.05, 0) is 0 Å². The maximum atomic E-state index is 12.8. The molecule has 0 heterocycles. The van der Waals surface area contributed by atoms with E-state index >= 15 is 0 Å². The number of hydrogen-bond acceptors (Lipinski definition) is 1. The van der Waals surface area contributed by atoms with Gasteiger partial charge in [0.1, 0.15) is 0 Å². The van der Waals surface area contributed by atoms with E-state index in [4.69, 9.17) is 0 Å². The van der Waals surface area contributed by atoms with Gasteiger partial charge in [0.15, 0.2) is 5.70 Å². The lowest BCUT2D eigenvalue weighted by atomic mass is 10.2. The lowest BCUT2D eigenvalue weighted by Gasteiger charge is -2.22. The Balaban J connectivity index is 5.60. The molecule has 0 aromatic rings. The van der Waals surface area contributed by atoms with Crippen LogP contribution in [0.5, 0.6) is 0 Å². The molecule has 0 bridgehead atoms. The highest BCUT2D eigenvalue weighted by Gasteiger charge is 2.63. The zero-order valence-corrected chi connectivity index (χ0v) is 9.78. The summed E-state index contributed by atoms with van der Waals surface area (Å²) >= 11 is 2.60. The molecule has 1 N–H and O–H groups in total. The molecule has 11 heteroatoms. The van der Waals surface area contributed by atoms with Crippen LogP contribution in [0.1, 0.15) is 0 Å². The molecule has 0 aliphatic carbocycles. The molecule has 0 aromatic heterocycles. The first kappa shape index (κ1) is 17.4. The van der Waals surface area contributed by atoms with Gasteiger partial charge in [0.2, 0.25) is 5.83 Å². The Bertz CT molecular complexity index is 316. The summed E-state index contributed by atoms with van der Waals surface area (Å²) in [5, 5.41) is 0.929. The predicted molar refractivity (Wildman–Crippen MR) is 47.0 cm³/mol.